The Hall–Kier alpha value is -2.45. The average Bonchev–Trinajstić information content (AvgIpc) is 2.62. The van der Waals surface area contributed by atoms with Gasteiger partial charge in [0, 0.05) is 20.3 Å². The predicted octanol–water partition coefficient (Wildman–Crippen LogP) is 2.93. The molecule has 29 heavy (non-hydrogen) atoms. The second-order valence-electron chi connectivity index (χ2n) is 6.77. The van der Waals surface area contributed by atoms with Gasteiger partial charge < -0.3 is 19.3 Å². The Morgan fingerprint density at radius 2 is 1.17 bits per heavy atom. The van der Waals surface area contributed by atoms with Crippen LogP contribution in [0.3, 0.4) is 0 Å². The number of aliphatic carboxylic acids is 1. The standard InChI is InChI=1S/C20H32O9/c1-4-5-6-7-8-9-10-11-12-13-16(23)29-20(26)18(28-15(3)22)17(19(24)25)27-14(2)21/h17-18H,4-13H2,1-3H3,(H,24,25). The molecule has 0 bridgehead atoms. The maximum Gasteiger partial charge on any atom is 0.359 e. The quantitative estimate of drug-likeness (QED) is 0.185. The lowest BCUT2D eigenvalue weighted by Crippen LogP contribution is -2.46. The van der Waals surface area contributed by atoms with Crippen LogP contribution in [0.4, 0.5) is 0 Å². The van der Waals surface area contributed by atoms with Crippen LogP contribution in [0.1, 0.15) is 85.0 Å². The highest BCUT2D eigenvalue weighted by Crippen LogP contribution is 2.13. The Morgan fingerprint density at radius 1 is 0.724 bits per heavy atom. The van der Waals surface area contributed by atoms with E-state index in [0.717, 1.165) is 39.5 Å². The van der Waals surface area contributed by atoms with Gasteiger partial charge in [-0.1, -0.05) is 58.3 Å². The van der Waals surface area contributed by atoms with Crippen LogP contribution in [-0.2, 0) is 38.2 Å². The van der Waals surface area contributed by atoms with E-state index in [-0.39, 0.29) is 6.42 Å². The topological polar surface area (TPSA) is 133 Å². The molecule has 2 atom stereocenters. The normalized spacial score (nSPS) is 12.5. The van der Waals surface area contributed by atoms with E-state index in [1.165, 1.54) is 25.7 Å². The second kappa shape index (κ2) is 15.5. The number of rotatable bonds is 15. The van der Waals surface area contributed by atoms with Gasteiger partial charge in [0.25, 0.3) is 0 Å². The zero-order valence-corrected chi connectivity index (χ0v) is 17.4. The van der Waals surface area contributed by atoms with E-state index in [1.54, 1.807) is 0 Å². The van der Waals surface area contributed by atoms with Crippen molar-refractivity contribution in [2.45, 2.75) is 97.2 Å². The molecule has 0 amide bonds. The molecule has 0 saturated carbocycles. The minimum absolute atomic E-state index is 0.0281. The summed E-state index contributed by atoms with van der Waals surface area (Å²) in [6.07, 6.45) is 5.20. The van der Waals surface area contributed by atoms with Gasteiger partial charge in [-0.2, -0.15) is 0 Å². The molecule has 0 spiro atoms. The largest absolute Gasteiger partial charge is 0.478 e. The second-order valence-corrected chi connectivity index (χ2v) is 6.77. The molecule has 0 aromatic heterocycles. The Morgan fingerprint density at radius 3 is 1.62 bits per heavy atom. The number of carbonyl (C=O) groups is 5. The molecule has 0 saturated heterocycles. The minimum atomic E-state index is -2.11. The Kier molecular flexibility index (Phi) is 14.2. The summed E-state index contributed by atoms with van der Waals surface area (Å²) in [5.41, 5.74) is 0. The van der Waals surface area contributed by atoms with Gasteiger partial charge in [0.05, 0.1) is 0 Å². The summed E-state index contributed by atoms with van der Waals surface area (Å²) in [4.78, 5) is 57.4. The number of carboxylic acids is 1. The molecule has 0 aliphatic rings. The van der Waals surface area contributed by atoms with Crippen molar-refractivity contribution in [1.82, 2.24) is 0 Å². The first kappa shape index (κ1) is 26.6. The number of hydrogen-bond donors (Lipinski definition) is 1. The maximum absolute atomic E-state index is 12.1. The summed E-state index contributed by atoms with van der Waals surface area (Å²) >= 11 is 0. The molecule has 9 heteroatoms. The first-order valence-electron chi connectivity index (χ1n) is 10.0. The van der Waals surface area contributed by atoms with Gasteiger partial charge >= 0.3 is 29.8 Å². The van der Waals surface area contributed by atoms with Crippen LogP contribution in [0.25, 0.3) is 0 Å². The van der Waals surface area contributed by atoms with Gasteiger partial charge in [-0.15, -0.1) is 0 Å². The van der Waals surface area contributed by atoms with Crippen molar-refractivity contribution in [2.24, 2.45) is 0 Å². The lowest BCUT2D eigenvalue weighted by Gasteiger charge is -2.21. The number of carbonyl (C=O) groups excluding carboxylic acids is 4. The lowest BCUT2D eigenvalue weighted by molar-refractivity contribution is -0.190. The summed E-state index contributed by atoms with van der Waals surface area (Å²) < 4.78 is 13.7. The molecular formula is C20H32O9. The third-order valence-corrected chi connectivity index (χ3v) is 4.04. The van der Waals surface area contributed by atoms with E-state index in [0.29, 0.717) is 6.42 Å². The van der Waals surface area contributed by atoms with Crippen LogP contribution in [0, 0.1) is 0 Å². The highest BCUT2D eigenvalue weighted by Gasteiger charge is 2.41. The molecule has 0 aliphatic carbocycles. The van der Waals surface area contributed by atoms with Crippen LogP contribution in [0.2, 0.25) is 0 Å². The molecule has 0 aromatic rings. The minimum Gasteiger partial charge on any atom is -0.478 e. The first-order valence-corrected chi connectivity index (χ1v) is 10.0. The summed E-state index contributed by atoms with van der Waals surface area (Å²) in [6, 6.07) is 0. The fraction of sp³-hybridized carbons (Fsp3) is 0.750. The molecule has 0 radical (unpaired) electrons. The maximum atomic E-state index is 12.1. The van der Waals surface area contributed by atoms with Crippen molar-refractivity contribution in [3.05, 3.63) is 0 Å². The molecule has 0 aromatic carbocycles. The smallest absolute Gasteiger partial charge is 0.359 e. The SMILES string of the molecule is CCCCCCCCCCCC(=O)OC(=O)C(OC(C)=O)C(OC(C)=O)C(=O)O. The monoisotopic (exact) mass is 416 g/mol. The van der Waals surface area contributed by atoms with Crippen LogP contribution in [0.15, 0.2) is 0 Å². The van der Waals surface area contributed by atoms with Crippen LogP contribution >= 0.6 is 0 Å². The van der Waals surface area contributed by atoms with Gasteiger partial charge in [0.1, 0.15) is 0 Å². The molecule has 9 nitrogen and oxygen atoms in total. The number of esters is 4. The molecule has 0 heterocycles. The zero-order chi connectivity index (χ0) is 22.2. The van der Waals surface area contributed by atoms with Crippen molar-refractivity contribution in [2.75, 3.05) is 0 Å². The van der Waals surface area contributed by atoms with Gasteiger partial charge in [0.15, 0.2) is 0 Å². The van der Waals surface area contributed by atoms with Gasteiger partial charge in [-0.05, 0) is 6.42 Å². The van der Waals surface area contributed by atoms with E-state index in [1.807, 2.05) is 0 Å². The van der Waals surface area contributed by atoms with Gasteiger partial charge in [-0.25, -0.2) is 9.59 Å². The molecule has 166 valence electrons. The van der Waals surface area contributed by atoms with Crippen molar-refractivity contribution in [3.8, 4) is 0 Å². The molecule has 0 aliphatic heterocycles. The average molecular weight is 416 g/mol. The highest BCUT2D eigenvalue weighted by molar-refractivity contribution is 5.93. The third-order valence-electron chi connectivity index (χ3n) is 4.04. The van der Waals surface area contributed by atoms with Gasteiger partial charge in [-0.3, -0.25) is 14.4 Å². The Balaban J connectivity index is 4.43. The third kappa shape index (κ3) is 13.4. The summed E-state index contributed by atoms with van der Waals surface area (Å²) in [7, 11) is 0. The van der Waals surface area contributed by atoms with Gasteiger partial charge in [0.2, 0.25) is 12.2 Å². The van der Waals surface area contributed by atoms with E-state index < -0.39 is 42.1 Å². The number of unbranched alkanes of at least 4 members (excludes halogenated alkanes) is 8. The number of carboxylic acid groups (broad SMARTS) is 1. The molecule has 1 N–H and O–H groups in total. The van der Waals surface area contributed by atoms with E-state index in [2.05, 4.69) is 21.1 Å². The summed E-state index contributed by atoms with van der Waals surface area (Å²) in [5.74, 6) is -5.95. The lowest BCUT2D eigenvalue weighted by atomic mass is 10.1. The van der Waals surface area contributed by atoms with Crippen molar-refractivity contribution in [1.29, 1.82) is 0 Å². The Bertz CT molecular complexity index is 556. The van der Waals surface area contributed by atoms with Crippen LogP contribution in [-0.4, -0.2) is 47.2 Å². The van der Waals surface area contributed by atoms with Crippen LogP contribution in [0.5, 0.6) is 0 Å². The summed E-state index contributed by atoms with van der Waals surface area (Å²) in [6.45, 7) is 4.04. The molecular weight excluding hydrogens is 384 g/mol. The van der Waals surface area contributed by atoms with Crippen LogP contribution < -0.4 is 0 Å². The van der Waals surface area contributed by atoms with E-state index in [4.69, 9.17) is 5.11 Å². The molecule has 2 unspecified atom stereocenters. The zero-order valence-electron chi connectivity index (χ0n) is 17.4. The van der Waals surface area contributed by atoms with E-state index in [9.17, 15) is 24.0 Å². The predicted molar refractivity (Wildman–Crippen MR) is 102 cm³/mol. The summed E-state index contributed by atoms with van der Waals surface area (Å²) in [5, 5.41) is 9.12. The number of hydrogen-bond acceptors (Lipinski definition) is 8. The number of ether oxygens (including phenoxy) is 3. The fourth-order valence-electron chi connectivity index (χ4n) is 2.63. The Labute approximate surface area is 171 Å². The molecule has 0 rings (SSSR count). The highest BCUT2D eigenvalue weighted by atomic mass is 16.6. The van der Waals surface area contributed by atoms with E-state index >= 15 is 0 Å². The van der Waals surface area contributed by atoms with Crippen molar-refractivity contribution < 1.29 is 43.3 Å². The van der Waals surface area contributed by atoms with Crippen molar-refractivity contribution in [3.63, 3.8) is 0 Å². The van der Waals surface area contributed by atoms with Crippen molar-refractivity contribution >= 4 is 29.8 Å². The first-order chi connectivity index (χ1) is 13.7. The molecule has 0 fully saturated rings. The fourth-order valence-corrected chi connectivity index (χ4v) is 2.63.